The summed E-state index contributed by atoms with van der Waals surface area (Å²) in [6, 6.07) is 3.70. The third-order valence-electron chi connectivity index (χ3n) is 5.22. The van der Waals surface area contributed by atoms with Crippen LogP contribution in [-0.2, 0) is 13.5 Å². The van der Waals surface area contributed by atoms with Crippen LogP contribution in [0.3, 0.4) is 0 Å². The lowest BCUT2D eigenvalue weighted by Crippen LogP contribution is -2.40. The Labute approximate surface area is 163 Å². The van der Waals surface area contributed by atoms with Crippen molar-refractivity contribution in [3.05, 3.63) is 47.8 Å². The maximum absolute atomic E-state index is 12.8. The van der Waals surface area contributed by atoms with Crippen molar-refractivity contribution in [3.63, 3.8) is 0 Å². The molecule has 1 fully saturated rings. The van der Waals surface area contributed by atoms with E-state index in [1.165, 1.54) is 0 Å². The van der Waals surface area contributed by atoms with Crippen LogP contribution in [0.25, 0.3) is 11.5 Å². The van der Waals surface area contributed by atoms with Gasteiger partial charge in [-0.05, 0) is 44.2 Å². The number of pyridine rings is 1. The van der Waals surface area contributed by atoms with E-state index < -0.39 is 0 Å². The number of carbonyl (C=O) groups is 1. The molecular formula is C20H24N6O2. The van der Waals surface area contributed by atoms with Crippen LogP contribution in [-0.4, -0.2) is 48.8 Å². The topological polar surface area (TPSA) is 89.9 Å². The Balaban J connectivity index is 1.35. The monoisotopic (exact) mass is 380 g/mol. The van der Waals surface area contributed by atoms with Gasteiger partial charge in [-0.15, -0.1) is 0 Å². The molecule has 4 rings (SSSR count). The summed E-state index contributed by atoms with van der Waals surface area (Å²) in [6.45, 7) is 3.45. The van der Waals surface area contributed by atoms with E-state index in [2.05, 4.69) is 20.2 Å². The lowest BCUT2D eigenvalue weighted by Gasteiger charge is -2.32. The van der Waals surface area contributed by atoms with E-state index in [0.717, 1.165) is 50.0 Å². The molecule has 1 aliphatic rings. The van der Waals surface area contributed by atoms with E-state index in [1.54, 1.807) is 23.3 Å². The van der Waals surface area contributed by atoms with Gasteiger partial charge in [0, 0.05) is 50.7 Å². The summed E-state index contributed by atoms with van der Waals surface area (Å²) in [7, 11) is 1.84. The third kappa shape index (κ3) is 3.95. The summed E-state index contributed by atoms with van der Waals surface area (Å²) in [5, 5.41) is 8.38. The lowest BCUT2D eigenvalue weighted by atomic mass is 9.93. The van der Waals surface area contributed by atoms with Crippen LogP contribution in [0.15, 0.2) is 35.2 Å². The van der Waals surface area contributed by atoms with Gasteiger partial charge in [0.2, 0.25) is 0 Å². The van der Waals surface area contributed by atoms with E-state index in [-0.39, 0.29) is 5.91 Å². The van der Waals surface area contributed by atoms with Crippen LogP contribution in [0.2, 0.25) is 0 Å². The van der Waals surface area contributed by atoms with Crippen molar-refractivity contribution >= 4 is 5.91 Å². The minimum Gasteiger partial charge on any atom is -0.338 e. The quantitative estimate of drug-likeness (QED) is 0.676. The standard InChI is InChI=1S/C20H24N6O2/c1-14-17(13-25(2)23-14)20(27)26-11-3-4-15(12-26)5-6-18-22-19(28-24-18)16-7-9-21-10-8-16/h7-10,13,15H,3-6,11-12H2,1-2H3. The largest absolute Gasteiger partial charge is 0.338 e. The highest BCUT2D eigenvalue weighted by atomic mass is 16.5. The number of amides is 1. The smallest absolute Gasteiger partial charge is 0.258 e. The molecule has 4 heterocycles. The Morgan fingerprint density at radius 3 is 2.89 bits per heavy atom. The summed E-state index contributed by atoms with van der Waals surface area (Å²) in [5.41, 5.74) is 2.35. The Hall–Kier alpha value is -3.03. The molecule has 0 radical (unpaired) electrons. The van der Waals surface area contributed by atoms with Crippen LogP contribution in [0, 0.1) is 12.8 Å². The van der Waals surface area contributed by atoms with Gasteiger partial charge in [0.05, 0.1) is 11.3 Å². The minimum atomic E-state index is 0.0786. The maximum atomic E-state index is 12.8. The molecular weight excluding hydrogens is 356 g/mol. The van der Waals surface area contributed by atoms with Crippen molar-refractivity contribution in [1.29, 1.82) is 0 Å². The van der Waals surface area contributed by atoms with Crippen LogP contribution >= 0.6 is 0 Å². The van der Waals surface area contributed by atoms with E-state index >= 15 is 0 Å². The van der Waals surface area contributed by atoms with Gasteiger partial charge in [0.15, 0.2) is 5.82 Å². The second kappa shape index (κ2) is 7.92. The Bertz CT molecular complexity index is 949. The number of piperidine rings is 1. The van der Waals surface area contributed by atoms with Gasteiger partial charge >= 0.3 is 0 Å². The number of rotatable bonds is 5. The molecule has 8 heteroatoms. The highest BCUT2D eigenvalue weighted by Crippen LogP contribution is 2.24. The van der Waals surface area contributed by atoms with E-state index in [0.29, 0.717) is 23.2 Å². The number of hydrogen-bond donors (Lipinski definition) is 0. The zero-order chi connectivity index (χ0) is 19.5. The van der Waals surface area contributed by atoms with E-state index in [1.807, 2.05) is 31.0 Å². The van der Waals surface area contributed by atoms with Gasteiger partial charge in [-0.1, -0.05) is 5.16 Å². The molecule has 1 atom stereocenters. The normalized spacial score (nSPS) is 17.1. The minimum absolute atomic E-state index is 0.0786. The molecule has 0 aromatic carbocycles. The molecule has 146 valence electrons. The first-order chi connectivity index (χ1) is 13.6. The molecule has 3 aromatic rings. The number of aryl methyl sites for hydroxylation is 3. The van der Waals surface area contributed by atoms with Crippen molar-refractivity contribution in [2.24, 2.45) is 13.0 Å². The SMILES string of the molecule is Cc1nn(C)cc1C(=O)N1CCCC(CCc2noc(-c3ccncc3)n2)C1. The average Bonchev–Trinajstić information content (AvgIpc) is 3.33. The molecule has 3 aromatic heterocycles. The van der Waals surface area contributed by atoms with E-state index in [9.17, 15) is 4.79 Å². The fourth-order valence-electron chi connectivity index (χ4n) is 3.77. The predicted octanol–water partition coefficient (Wildman–Crippen LogP) is 2.66. The second-order valence-electron chi connectivity index (χ2n) is 7.35. The van der Waals surface area contributed by atoms with Crippen molar-refractivity contribution in [1.82, 2.24) is 29.8 Å². The Morgan fingerprint density at radius 1 is 1.32 bits per heavy atom. The fraction of sp³-hybridized carbons (Fsp3) is 0.450. The fourth-order valence-corrected chi connectivity index (χ4v) is 3.77. The number of likely N-dealkylation sites (tertiary alicyclic amines) is 1. The van der Waals surface area contributed by atoms with Crippen molar-refractivity contribution in [2.75, 3.05) is 13.1 Å². The lowest BCUT2D eigenvalue weighted by molar-refractivity contribution is 0.0667. The van der Waals surface area contributed by atoms with Crippen LogP contribution < -0.4 is 0 Å². The van der Waals surface area contributed by atoms with Crippen molar-refractivity contribution in [3.8, 4) is 11.5 Å². The highest BCUT2D eigenvalue weighted by molar-refractivity contribution is 5.95. The second-order valence-corrected chi connectivity index (χ2v) is 7.35. The molecule has 0 aliphatic carbocycles. The first kappa shape index (κ1) is 18.3. The van der Waals surface area contributed by atoms with Crippen molar-refractivity contribution < 1.29 is 9.32 Å². The van der Waals surface area contributed by atoms with Gasteiger partial charge < -0.3 is 9.42 Å². The first-order valence-corrected chi connectivity index (χ1v) is 9.62. The molecule has 1 unspecified atom stereocenters. The molecule has 0 bridgehead atoms. The maximum Gasteiger partial charge on any atom is 0.258 e. The number of aromatic nitrogens is 5. The molecule has 1 saturated heterocycles. The van der Waals surface area contributed by atoms with Gasteiger partial charge in [0.1, 0.15) is 0 Å². The number of carbonyl (C=O) groups excluding carboxylic acids is 1. The van der Waals surface area contributed by atoms with Gasteiger partial charge in [-0.2, -0.15) is 10.1 Å². The van der Waals surface area contributed by atoms with Gasteiger partial charge in [0.25, 0.3) is 11.8 Å². The molecule has 0 spiro atoms. The third-order valence-corrected chi connectivity index (χ3v) is 5.22. The predicted molar refractivity (Wildman–Crippen MR) is 102 cm³/mol. The average molecular weight is 380 g/mol. The van der Waals surface area contributed by atoms with Crippen LogP contribution in [0.5, 0.6) is 0 Å². The van der Waals surface area contributed by atoms with Crippen molar-refractivity contribution in [2.45, 2.75) is 32.6 Å². The molecule has 0 N–H and O–H groups in total. The van der Waals surface area contributed by atoms with Gasteiger partial charge in [-0.25, -0.2) is 0 Å². The Morgan fingerprint density at radius 2 is 2.14 bits per heavy atom. The summed E-state index contributed by atoms with van der Waals surface area (Å²) >= 11 is 0. The molecule has 0 saturated carbocycles. The molecule has 28 heavy (non-hydrogen) atoms. The van der Waals surface area contributed by atoms with Gasteiger partial charge in [-0.3, -0.25) is 14.5 Å². The first-order valence-electron chi connectivity index (χ1n) is 9.62. The van der Waals surface area contributed by atoms with E-state index in [4.69, 9.17) is 4.52 Å². The van der Waals surface area contributed by atoms with Crippen LogP contribution in [0.1, 0.15) is 41.1 Å². The summed E-state index contributed by atoms with van der Waals surface area (Å²) in [5.74, 6) is 1.75. The summed E-state index contributed by atoms with van der Waals surface area (Å²) in [6.07, 6.45) is 9.03. The highest BCUT2D eigenvalue weighted by Gasteiger charge is 2.26. The number of nitrogens with zero attached hydrogens (tertiary/aromatic N) is 6. The van der Waals surface area contributed by atoms with Crippen LogP contribution in [0.4, 0.5) is 0 Å². The molecule has 1 aliphatic heterocycles. The summed E-state index contributed by atoms with van der Waals surface area (Å²) < 4.78 is 7.06. The molecule has 8 nitrogen and oxygen atoms in total. The zero-order valence-electron chi connectivity index (χ0n) is 16.2. The summed E-state index contributed by atoms with van der Waals surface area (Å²) in [4.78, 5) is 23.3. The zero-order valence-corrected chi connectivity index (χ0v) is 16.2. The number of hydrogen-bond acceptors (Lipinski definition) is 6. The Kier molecular flexibility index (Phi) is 5.18. The molecule has 1 amide bonds.